The normalized spacial score (nSPS) is 27.7. The number of nitrogens with one attached hydrogen (secondary N) is 1. The van der Waals surface area contributed by atoms with Gasteiger partial charge in [0, 0.05) is 12.1 Å². The van der Waals surface area contributed by atoms with E-state index in [9.17, 15) is 8.42 Å². The number of sulfonamides is 1. The molecule has 0 spiro atoms. The number of hydrogen-bond donors (Lipinski definition) is 2. The lowest BCUT2D eigenvalue weighted by Gasteiger charge is -2.32. The molecule has 1 aromatic rings. The first-order chi connectivity index (χ1) is 9.33. The summed E-state index contributed by atoms with van der Waals surface area (Å²) in [7, 11) is -3.62. The fourth-order valence-corrected chi connectivity index (χ4v) is 4.88. The molecule has 1 aromatic heterocycles. The van der Waals surface area contributed by atoms with Crippen molar-refractivity contribution < 1.29 is 17.9 Å². The first kappa shape index (κ1) is 16.0. The van der Waals surface area contributed by atoms with Crippen molar-refractivity contribution in [1.82, 2.24) is 4.72 Å². The predicted molar refractivity (Wildman–Crippen MR) is 78.6 cm³/mol. The van der Waals surface area contributed by atoms with E-state index in [2.05, 4.69) is 34.5 Å². The van der Waals surface area contributed by atoms with Crippen LogP contribution in [0.4, 0.5) is 0 Å². The maximum atomic E-state index is 12.4. The number of aliphatic hydroxyl groups is 1. The molecule has 7 heteroatoms. The molecule has 3 unspecified atom stereocenters. The Morgan fingerprint density at radius 1 is 1.40 bits per heavy atom. The van der Waals surface area contributed by atoms with Crippen molar-refractivity contribution in [2.45, 2.75) is 50.7 Å². The standard InChI is InChI=1S/C13H20BrNO4S/c1-8-3-4-10(5-9(8)2)15-20(17,18)12-6-11(7-16)19-13(12)14/h6,8-10,15-16H,3-5,7H2,1-2H3. The fourth-order valence-electron chi connectivity index (χ4n) is 2.60. The van der Waals surface area contributed by atoms with Crippen LogP contribution in [0.2, 0.25) is 0 Å². The van der Waals surface area contributed by atoms with Crippen LogP contribution in [0.5, 0.6) is 0 Å². The van der Waals surface area contributed by atoms with Crippen LogP contribution in [-0.4, -0.2) is 19.6 Å². The minimum atomic E-state index is -3.62. The molecule has 0 bridgehead atoms. The molecule has 0 aromatic carbocycles. The third-order valence-electron chi connectivity index (χ3n) is 4.07. The third kappa shape index (κ3) is 3.44. The molecule has 1 aliphatic rings. The van der Waals surface area contributed by atoms with E-state index in [1.807, 2.05) is 0 Å². The maximum absolute atomic E-state index is 12.4. The minimum Gasteiger partial charge on any atom is -0.450 e. The second-order valence-electron chi connectivity index (χ2n) is 5.59. The summed E-state index contributed by atoms with van der Waals surface area (Å²) in [5, 5.41) is 9.00. The van der Waals surface area contributed by atoms with Crippen molar-refractivity contribution in [2.75, 3.05) is 0 Å². The van der Waals surface area contributed by atoms with Crippen LogP contribution in [0.1, 0.15) is 38.9 Å². The zero-order valence-electron chi connectivity index (χ0n) is 11.6. The zero-order chi connectivity index (χ0) is 14.9. The highest BCUT2D eigenvalue weighted by atomic mass is 79.9. The Bertz CT molecular complexity index is 569. The van der Waals surface area contributed by atoms with Gasteiger partial charge in [-0.3, -0.25) is 0 Å². The van der Waals surface area contributed by atoms with Crippen LogP contribution in [0.25, 0.3) is 0 Å². The summed E-state index contributed by atoms with van der Waals surface area (Å²) >= 11 is 3.08. The van der Waals surface area contributed by atoms with Crippen LogP contribution in [0.15, 0.2) is 20.0 Å². The van der Waals surface area contributed by atoms with Gasteiger partial charge in [-0.2, -0.15) is 0 Å². The van der Waals surface area contributed by atoms with Gasteiger partial charge in [-0.1, -0.05) is 13.8 Å². The summed E-state index contributed by atoms with van der Waals surface area (Å²) in [6.45, 7) is 4.03. The molecule has 20 heavy (non-hydrogen) atoms. The van der Waals surface area contributed by atoms with E-state index in [4.69, 9.17) is 9.52 Å². The van der Waals surface area contributed by atoms with Gasteiger partial charge >= 0.3 is 0 Å². The van der Waals surface area contributed by atoms with E-state index >= 15 is 0 Å². The van der Waals surface area contributed by atoms with Crippen molar-refractivity contribution in [2.24, 2.45) is 11.8 Å². The molecule has 0 saturated heterocycles. The second-order valence-corrected chi connectivity index (χ2v) is 8.00. The minimum absolute atomic E-state index is 0.0365. The van der Waals surface area contributed by atoms with Crippen LogP contribution in [0.3, 0.4) is 0 Å². The third-order valence-corrected chi connectivity index (χ3v) is 6.45. The first-order valence-corrected chi connectivity index (χ1v) is 9.02. The number of furan rings is 1. The Labute approximate surface area is 127 Å². The molecule has 2 N–H and O–H groups in total. The Balaban J connectivity index is 2.13. The van der Waals surface area contributed by atoms with Gasteiger partial charge in [0.05, 0.1) is 0 Å². The molecule has 2 rings (SSSR count). The zero-order valence-corrected chi connectivity index (χ0v) is 14.0. The molecule has 0 aliphatic heterocycles. The second kappa shape index (κ2) is 6.17. The molecule has 3 atom stereocenters. The smallest absolute Gasteiger partial charge is 0.245 e. The molecular formula is C13H20BrNO4S. The quantitative estimate of drug-likeness (QED) is 0.859. The number of aliphatic hydroxyl groups excluding tert-OH is 1. The Morgan fingerprint density at radius 2 is 2.10 bits per heavy atom. The SMILES string of the molecule is CC1CCC(NS(=O)(=O)c2cc(CO)oc2Br)CC1C. The number of rotatable bonds is 4. The van der Waals surface area contributed by atoms with Gasteiger partial charge < -0.3 is 9.52 Å². The van der Waals surface area contributed by atoms with E-state index in [1.54, 1.807) is 0 Å². The molecule has 5 nitrogen and oxygen atoms in total. The number of halogens is 1. The molecule has 114 valence electrons. The Morgan fingerprint density at radius 3 is 2.65 bits per heavy atom. The maximum Gasteiger partial charge on any atom is 0.245 e. The summed E-state index contributed by atoms with van der Waals surface area (Å²) < 4.78 is 32.7. The molecule has 1 fully saturated rings. The van der Waals surface area contributed by atoms with Gasteiger partial charge in [0.2, 0.25) is 10.0 Å². The summed E-state index contributed by atoms with van der Waals surface area (Å²) in [6.07, 6.45) is 2.73. The lowest BCUT2D eigenvalue weighted by Crippen LogP contribution is -2.39. The van der Waals surface area contributed by atoms with Crippen molar-refractivity contribution >= 4 is 26.0 Å². The topological polar surface area (TPSA) is 79.5 Å². The molecule has 0 radical (unpaired) electrons. The Hall–Kier alpha value is -0.370. The van der Waals surface area contributed by atoms with Crippen LogP contribution in [0, 0.1) is 11.8 Å². The van der Waals surface area contributed by atoms with Gasteiger partial charge in [0.15, 0.2) is 4.67 Å². The van der Waals surface area contributed by atoms with Crippen LogP contribution >= 0.6 is 15.9 Å². The highest BCUT2D eigenvalue weighted by Gasteiger charge is 2.30. The lowest BCUT2D eigenvalue weighted by atomic mass is 9.79. The molecular weight excluding hydrogens is 346 g/mol. The van der Waals surface area contributed by atoms with Gasteiger partial charge in [-0.05, 0) is 47.0 Å². The van der Waals surface area contributed by atoms with E-state index in [0.29, 0.717) is 11.8 Å². The molecule has 1 aliphatic carbocycles. The average molecular weight is 366 g/mol. The van der Waals surface area contributed by atoms with Gasteiger partial charge in [-0.15, -0.1) is 0 Å². The summed E-state index contributed by atoms with van der Waals surface area (Å²) in [4.78, 5) is 0.0489. The molecule has 1 heterocycles. The van der Waals surface area contributed by atoms with Crippen molar-refractivity contribution in [3.05, 3.63) is 16.5 Å². The summed E-state index contributed by atoms with van der Waals surface area (Å²) in [5.41, 5.74) is 0. The van der Waals surface area contributed by atoms with Gasteiger partial charge in [0.1, 0.15) is 17.3 Å². The van der Waals surface area contributed by atoms with Crippen LogP contribution in [-0.2, 0) is 16.6 Å². The molecule has 1 saturated carbocycles. The van der Waals surface area contributed by atoms with Crippen molar-refractivity contribution in [3.8, 4) is 0 Å². The summed E-state index contributed by atoms with van der Waals surface area (Å²) in [6, 6.07) is 1.31. The number of hydrogen-bond acceptors (Lipinski definition) is 4. The Kier molecular flexibility index (Phi) is 4.94. The monoisotopic (exact) mass is 365 g/mol. The average Bonchev–Trinajstić information content (AvgIpc) is 2.76. The molecule has 0 amide bonds. The van der Waals surface area contributed by atoms with E-state index < -0.39 is 10.0 Å². The van der Waals surface area contributed by atoms with Crippen LogP contribution < -0.4 is 4.72 Å². The highest BCUT2D eigenvalue weighted by Crippen LogP contribution is 2.31. The highest BCUT2D eigenvalue weighted by molar-refractivity contribution is 9.10. The van der Waals surface area contributed by atoms with E-state index in [1.165, 1.54) is 6.07 Å². The summed E-state index contributed by atoms with van der Waals surface area (Å²) in [5.74, 6) is 1.37. The largest absolute Gasteiger partial charge is 0.450 e. The van der Waals surface area contributed by atoms with Gasteiger partial charge in [0.25, 0.3) is 0 Å². The lowest BCUT2D eigenvalue weighted by molar-refractivity contribution is 0.241. The van der Waals surface area contributed by atoms with E-state index in [0.717, 1.165) is 19.3 Å². The van der Waals surface area contributed by atoms with E-state index in [-0.39, 0.29) is 28.0 Å². The fraction of sp³-hybridized carbons (Fsp3) is 0.692. The first-order valence-electron chi connectivity index (χ1n) is 6.75. The van der Waals surface area contributed by atoms with Crippen molar-refractivity contribution in [3.63, 3.8) is 0 Å². The van der Waals surface area contributed by atoms with Crippen molar-refractivity contribution in [1.29, 1.82) is 0 Å². The van der Waals surface area contributed by atoms with Gasteiger partial charge in [-0.25, -0.2) is 13.1 Å². The predicted octanol–water partition coefficient (Wildman–Crippen LogP) is 2.64.